The number of fused-ring (bicyclic) bond motifs is 2. The summed E-state index contributed by atoms with van der Waals surface area (Å²) in [5.41, 5.74) is 0.905. The van der Waals surface area contributed by atoms with Gasteiger partial charge >= 0.3 is 0 Å². The average Bonchev–Trinajstić information content (AvgIpc) is 2.96. The number of hydrogen-bond acceptors (Lipinski definition) is 0. The Balaban J connectivity index is 1.36. The molecule has 0 heterocycles. The largest absolute Gasteiger partial charge is 0.0625 e. The van der Waals surface area contributed by atoms with Gasteiger partial charge in [-0.05, 0) is 91.3 Å². The van der Waals surface area contributed by atoms with Gasteiger partial charge in [-0.3, -0.25) is 0 Å². The number of hydrogen-bond donors (Lipinski definition) is 0. The van der Waals surface area contributed by atoms with Crippen molar-refractivity contribution in [2.24, 2.45) is 52.8 Å². The molecule has 0 amide bonds. The fraction of sp³-hybridized carbons (Fsp3) is 1.00. The smallest absolute Gasteiger partial charge is 0.0204 e. The van der Waals surface area contributed by atoms with E-state index < -0.39 is 0 Å². The minimum atomic E-state index is 0.905. The van der Waals surface area contributed by atoms with Crippen LogP contribution >= 0.6 is 0 Å². The third-order valence-corrected chi connectivity index (χ3v) is 8.64. The van der Waals surface area contributed by atoms with Crippen molar-refractivity contribution in [3.05, 3.63) is 0 Å². The molecule has 19 heavy (non-hydrogen) atoms. The lowest BCUT2D eigenvalue weighted by Crippen LogP contribution is -2.20. The highest BCUT2D eigenvalue weighted by molar-refractivity contribution is 5.21. The fourth-order valence-electron chi connectivity index (χ4n) is 7.73. The molecule has 0 radical (unpaired) electrons. The first kappa shape index (κ1) is 11.6. The zero-order chi connectivity index (χ0) is 12.8. The maximum atomic E-state index is 2.51. The molecule has 5 aliphatic carbocycles. The van der Waals surface area contributed by atoms with E-state index in [9.17, 15) is 0 Å². The normalized spacial score (nSPS) is 66.0. The van der Waals surface area contributed by atoms with Crippen molar-refractivity contribution in [2.45, 2.75) is 65.2 Å². The Kier molecular flexibility index (Phi) is 2.21. The van der Waals surface area contributed by atoms with E-state index in [0.29, 0.717) is 0 Å². The fourth-order valence-corrected chi connectivity index (χ4v) is 7.73. The van der Waals surface area contributed by atoms with Crippen LogP contribution in [0.1, 0.15) is 65.2 Å². The van der Waals surface area contributed by atoms with Crippen LogP contribution in [0, 0.1) is 52.8 Å². The first-order valence-corrected chi connectivity index (χ1v) is 9.22. The molecule has 5 fully saturated rings. The highest BCUT2D eigenvalue weighted by atomic mass is 14.8. The molecule has 0 spiro atoms. The highest BCUT2D eigenvalue weighted by Crippen LogP contribution is 2.80. The molecular formula is C19H30. The Morgan fingerprint density at radius 3 is 2.37 bits per heavy atom. The summed E-state index contributed by atoms with van der Waals surface area (Å²) in [5, 5.41) is 0. The van der Waals surface area contributed by atoms with Gasteiger partial charge < -0.3 is 0 Å². The third-order valence-electron chi connectivity index (χ3n) is 8.64. The van der Waals surface area contributed by atoms with Crippen LogP contribution in [0.4, 0.5) is 0 Å². The summed E-state index contributed by atoms with van der Waals surface area (Å²) in [6.45, 7) is 5.01. The lowest BCUT2D eigenvalue weighted by Gasteiger charge is -2.27. The van der Waals surface area contributed by atoms with Crippen molar-refractivity contribution in [1.82, 2.24) is 0 Å². The van der Waals surface area contributed by atoms with Gasteiger partial charge in [0.25, 0.3) is 0 Å². The zero-order valence-corrected chi connectivity index (χ0v) is 12.8. The van der Waals surface area contributed by atoms with Crippen molar-refractivity contribution in [1.29, 1.82) is 0 Å². The maximum absolute atomic E-state index is 2.51. The SMILES string of the molecule is CC1CCC(C2C3CCC[C@@]32C2CC3C(C)C3C2)C1. The molecule has 0 heteroatoms. The zero-order valence-electron chi connectivity index (χ0n) is 12.8. The predicted molar refractivity (Wildman–Crippen MR) is 78.6 cm³/mol. The Labute approximate surface area is 118 Å². The van der Waals surface area contributed by atoms with Gasteiger partial charge in [0, 0.05) is 0 Å². The Bertz CT molecular complexity index is 387. The van der Waals surface area contributed by atoms with E-state index in [1.165, 1.54) is 36.0 Å². The quantitative estimate of drug-likeness (QED) is 0.644. The van der Waals surface area contributed by atoms with E-state index in [1.54, 1.807) is 44.9 Å². The van der Waals surface area contributed by atoms with Crippen LogP contribution in [0.5, 0.6) is 0 Å². The molecule has 5 aliphatic rings. The minimum absolute atomic E-state index is 0.905. The van der Waals surface area contributed by atoms with Gasteiger partial charge in [-0.2, -0.15) is 0 Å². The van der Waals surface area contributed by atoms with Gasteiger partial charge in [0.15, 0.2) is 0 Å². The average molecular weight is 258 g/mol. The molecule has 0 aromatic carbocycles. The summed E-state index contributed by atoms with van der Waals surface area (Å²) < 4.78 is 0. The molecule has 0 saturated heterocycles. The molecule has 106 valence electrons. The summed E-state index contributed by atoms with van der Waals surface area (Å²) >= 11 is 0. The van der Waals surface area contributed by atoms with E-state index in [2.05, 4.69) is 13.8 Å². The molecule has 5 saturated carbocycles. The van der Waals surface area contributed by atoms with E-state index in [1.807, 2.05) is 0 Å². The summed E-state index contributed by atoms with van der Waals surface area (Å²) in [5.74, 6) is 9.21. The van der Waals surface area contributed by atoms with Crippen LogP contribution in [0.15, 0.2) is 0 Å². The monoisotopic (exact) mass is 258 g/mol. The molecule has 5 rings (SSSR count). The predicted octanol–water partition coefficient (Wildman–Crippen LogP) is 5.13. The third kappa shape index (κ3) is 1.37. The number of rotatable bonds is 2. The molecule has 6 unspecified atom stereocenters. The van der Waals surface area contributed by atoms with E-state index in [4.69, 9.17) is 0 Å². The van der Waals surface area contributed by atoms with Crippen molar-refractivity contribution in [3.63, 3.8) is 0 Å². The molecule has 7 atom stereocenters. The second-order valence-corrected chi connectivity index (χ2v) is 9.17. The Morgan fingerprint density at radius 1 is 0.895 bits per heavy atom. The summed E-state index contributed by atoms with van der Waals surface area (Å²) in [7, 11) is 0. The molecule has 0 aromatic heterocycles. The molecule has 0 nitrogen and oxygen atoms in total. The van der Waals surface area contributed by atoms with Gasteiger partial charge in [-0.15, -0.1) is 0 Å². The van der Waals surface area contributed by atoms with Gasteiger partial charge in [0.05, 0.1) is 0 Å². The van der Waals surface area contributed by atoms with Crippen molar-refractivity contribution < 1.29 is 0 Å². The highest BCUT2D eigenvalue weighted by Gasteiger charge is 2.73. The second kappa shape index (κ2) is 3.60. The standard InChI is InChI=1S/C19H30/c1-11-5-6-13(8-11)18-17-4-3-7-19(17,18)14-9-15-12(2)16(15)10-14/h11-18H,3-10H2,1-2H3/t11?,12?,13?,14?,15?,16?,17?,18?,19-/m1/s1. The van der Waals surface area contributed by atoms with E-state index >= 15 is 0 Å². The van der Waals surface area contributed by atoms with Crippen LogP contribution in [-0.4, -0.2) is 0 Å². The molecular weight excluding hydrogens is 228 g/mol. The maximum Gasteiger partial charge on any atom is -0.0204 e. The summed E-state index contributed by atoms with van der Waals surface area (Å²) in [6.07, 6.45) is 12.8. The molecule has 0 aromatic rings. The van der Waals surface area contributed by atoms with Crippen LogP contribution in [0.2, 0.25) is 0 Å². The van der Waals surface area contributed by atoms with Gasteiger partial charge in [0.1, 0.15) is 0 Å². The lowest BCUT2D eigenvalue weighted by molar-refractivity contribution is 0.217. The van der Waals surface area contributed by atoms with E-state index in [-0.39, 0.29) is 0 Å². The van der Waals surface area contributed by atoms with Crippen LogP contribution in [-0.2, 0) is 0 Å². The summed E-state index contributed by atoms with van der Waals surface area (Å²) in [6, 6.07) is 0. The minimum Gasteiger partial charge on any atom is -0.0625 e. The lowest BCUT2D eigenvalue weighted by atomic mass is 9.77. The van der Waals surface area contributed by atoms with Crippen molar-refractivity contribution in [2.75, 3.05) is 0 Å². The van der Waals surface area contributed by atoms with Crippen molar-refractivity contribution in [3.8, 4) is 0 Å². The van der Waals surface area contributed by atoms with Gasteiger partial charge in [-0.25, -0.2) is 0 Å². The molecule has 0 bridgehead atoms. The molecule has 0 N–H and O–H groups in total. The van der Waals surface area contributed by atoms with Crippen LogP contribution in [0.25, 0.3) is 0 Å². The van der Waals surface area contributed by atoms with Gasteiger partial charge in [-0.1, -0.05) is 26.7 Å². The molecule has 0 aliphatic heterocycles. The topological polar surface area (TPSA) is 0 Å². The van der Waals surface area contributed by atoms with Crippen LogP contribution < -0.4 is 0 Å². The first-order valence-electron chi connectivity index (χ1n) is 9.22. The van der Waals surface area contributed by atoms with E-state index in [0.717, 1.165) is 23.2 Å². The second-order valence-electron chi connectivity index (χ2n) is 9.17. The summed E-state index contributed by atoms with van der Waals surface area (Å²) in [4.78, 5) is 0. The van der Waals surface area contributed by atoms with Crippen LogP contribution in [0.3, 0.4) is 0 Å². The van der Waals surface area contributed by atoms with Gasteiger partial charge in [0.2, 0.25) is 0 Å². The van der Waals surface area contributed by atoms with Crippen molar-refractivity contribution >= 4 is 0 Å². The Hall–Kier alpha value is 0. The Morgan fingerprint density at radius 2 is 1.68 bits per heavy atom. The first-order chi connectivity index (χ1) is 9.22.